The number of nitrogens with one attached hydrogen (secondary N) is 2. The molecule has 0 aliphatic heterocycles. The second kappa shape index (κ2) is 12.4. The van der Waals surface area contributed by atoms with Gasteiger partial charge in [-0.05, 0) is 43.2 Å². The lowest BCUT2D eigenvalue weighted by molar-refractivity contribution is -0.143. The number of ether oxygens (including phenoxy) is 2. The first-order chi connectivity index (χ1) is 16.5. The fourth-order valence-corrected chi connectivity index (χ4v) is 3.41. The zero-order chi connectivity index (χ0) is 24.3. The van der Waals surface area contributed by atoms with E-state index in [1.54, 1.807) is 6.92 Å². The third kappa shape index (κ3) is 7.06. The maximum Gasteiger partial charge on any atom is 0.306 e. The Hall–Kier alpha value is -3.88. The summed E-state index contributed by atoms with van der Waals surface area (Å²) in [6.45, 7) is 2.55. The monoisotopic (exact) mass is 466 g/mol. The molecule has 1 unspecified atom stereocenters. The molecule has 180 valence electrons. The molecule has 0 aliphatic rings. The second-order valence-corrected chi connectivity index (χ2v) is 7.57. The number of carbonyl (C=O) groups is 2. The van der Waals surface area contributed by atoms with Gasteiger partial charge in [0, 0.05) is 26.2 Å². The van der Waals surface area contributed by atoms with Gasteiger partial charge in [-0.15, -0.1) is 0 Å². The van der Waals surface area contributed by atoms with Crippen molar-refractivity contribution in [3.05, 3.63) is 71.6 Å². The molecular weight excluding hydrogens is 436 g/mol. The largest absolute Gasteiger partial charge is 0.493 e. The van der Waals surface area contributed by atoms with Crippen LogP contribution in [0.2, 0.25) is 0 Å². The van der Waals surface area contributed by atoms with Crippen molar-refractivity contribution in [1.29, 1.82) is 0 Å². The molecule has 3 rings (SSSR count). The lowest BCUT2D eigenvalue weighted by Gasteiger charge is -2.13. The Kier molecular flexibility index (Phi) is 9.02. The van der Waals surface area contributed by atoms with Gasteiger partial charge in [0.2, 0.25) is 0 Å². The number of nitrogens with zero attached hydrogens (tertiary/aromatic N) is 2. The number of rotatable bonds is 12. The van der Waals surface area contributed by atoms with Crippen LogP contribution in [0.3, 0.4) is 0 Å². The van der Waals surface area contributed by atoms with E-state index >= 15 is 0 Å². The van der Waals surface area contributed by atoms with E-state index in [0.717, 1.165) is 22.8 Å². The zero-order valence-electron chi connectivity index (χ0n) is 19.7. The Morgan fingerprint density at radius 1 is 1.09 bits per heavy atom. The van der Waals surface area contributed by atoms with Gasteiger partial charge < -0.3 is 24.5 Å². The van der Waals surface area contributed by atoms with Gasteiger partial charge in [0.15, 0.2) is 11.6 Å². The number of aromatic nitrogens is 2. The molecule has 2 aromatic heterocycles. The number of hydrogen-bond acceptors (Lipinski definition) is 8. The summed E-state index contributed by atoms with van der Waals surface area (Å²) in [5.41, 5.74) is 2.10. The number of oxazole rings is 1. The van der Waals surface area contributed by atoms with Crippen LogP contribution in [-0.2, 0) is 22.4 Å². The predicted molar refractivity (Wildman–Crippen MR) is 127 cm³/mol. The highest BCUT2D eigenvalue weighted by Crippen LogP contribution is 2.26. The van der Waals surface area contributed by atoms with Gasteiger partial charge in [-0.25, -0.2) is 9.97 Å². The van der Waals surface area contributed by atoms with Crippen LogP contribution in [0.5, 0.6) is 5.75 Å². The lowest BCUT2D eigenvalue weighted by Crippen LogP contribution is -2.18. The van der Waals surface area contributed by atoms with Crippen molar-refractivity contribution in [1.82, 2.24) is 15.3 Å². The molecular formula is C25H30N4O5. The minimum atomic E-state index is -0.366. The second-order valence-electron chi connectivity index (χ2n) is 7.57. The van der Waals surface area contributed by atoms with Crippen LogP contribution in [0.25, 0.3) is 0 Å². The van der Waals surface area contributed by atoms with E-state index in [-0.39, 0.29) is 29.9 Å². The smallest absolute Gasteiger partial charge is 0.306 e. The zero-order valence-corrected chi connectivity index (χ0v) is 19.7. The summed E-state index contributed by atoms with van der Waals surface area (Å²) in [5, 5.41) is 5.53. The Balaban J connectivity index is 1.62. The van der Waals surface area contributed by atoms with Gasteiger partial charge >= 0.3 is 5.97 Å². The number of amides is 1. The molecule has 2 heterocycles. The van der Waals surface area contributed by atoms with Crippen molar-refractivity contribution in [2.75, 3.05) is 32.6 Å². The number of benzene rings is 1. The van der Waals surface area contributed by atoms with Crippen LogP contribution in [0.1, 0.15) is 46.9 Å². The molecule has 2 N–H and O–H groups in total. The van der Waals surface area contributed by atoms with Gasteiger partial charge in [-0.1, -0.05) is 18.2 Å². The summed E-state index contributed by atoms with van der Waals surface area (Å²) in [7, 11) is 3.36. The van der Waals surface area contributed by atoms with Crippen LogP contribution in [0.4, 0.5) is 5.82 Å². The number of esters is 1. The van der Waals surface area contributed by atoms with E-state index in [0.29, 0.717) is 31.9 Å². The summed E-state index contributed by atoms with van der Waals surface area (Å²) < 4.78 is 16.5. The Bertz CT molecular complexity index is 1080. The minimum absolute atomic E-state index is 0.0957. The topological polar surface area (TPSA) is 116 Å². The number of anilines is 1. The molecule has 0 saturated carbocycles. The fourth-order valence-electron chi connectivity index (χ4n) is 3.41. The molecule has 1 atom stereocenters. The van der Waals surface area contributed by atoms with Gasteiger partial charge in [0.05, 0.1) is 25.6 Å². The van der Waals surface area contributed by atoms with Crippen LogP contribution < -0.4 is 15.4 Å². The van der Waals surface area contributed by atoms with Crippen molar-refractivity contribution in [3.8, 4) is 5.75 Å². The molecule has 0 fully saturated rings. The van der Waals surface area contributed by atoms with Crippen molar-refractivity contribution in [2.45, 2.75) is 32.1 Å². The summed E-state index contributed by atoms with van der Waals surface area (Å²) in [4.78, 5) is 32.7. The molecule has 0 aliphatic carbocycles. The van der Waals surface area contributed by atoms with Crippen molar-refractivity contribution >= 4 is 17.7 Å². The number of hydrogen-bond donors (Lipinski definition) is 2. The molecule has 3 aromatic rings. The van der Waals surface area contributed by atoms with Crippen molar-refractivity contribution in [2.24, 2.45) is 0 Å². The predicted octanol–water partition coefficient (Wildman–Crippen LogP) is 3.37. The van der Waals surface area contributed by atoms with E-state index in [2.05, 4.69) is 20.6 Å². The number of pyridine rings is 1. The van der Waals surface area contributed by atoms with Crippen LogP contribution in [0, 0.1) is 0 Å². The molecule has 0 bridgehead atoms. The molecule has 1 aromatic carbocycles. The van der Waals surface area contributed by atoms with Gasteiger partial charge in [0.25, 0.3) is 5.91 Å². The van der Waals surface area contributed by atoms with Crippen LogP contribution in [-0.4, -0.2) is 49.2 Å². The Morgan fingerprint density at radius 2 is 1.88 bits per heavy atom. The van der Waals surface area contributed by atoms with Gasteiger partial charge in [0.1, 0.15) is 17.8 Å². The highest BCUT2D eigenvalue weighted by molar-refractivity contribution is 5.91. The maximum atomic E-state index is 12.1. The minimum Gasteiger partial charge on any atom is -0.493 e. The highest BCUT2D eigenvalue weighted by Gasteiger charge is 2.24. The van der Waals surface area contributed by atoms with E-state index < -0.39 is 0 Å². The van der Waals surface area contributed by atoms with Gasteiger partial charge in [-0.3, -0.25) is 9.59 Å². The molecule has 9 nitrogen and oxygen atoms in total. The van der Waals surface area contributed by atoms with Crippen LogP contribution >= 0.6 is 0 Å². The molecule has 0 saturated heterocycles. The Labute approximate surface area is 198 Å². The van der Waals surface area contributed by atoms with Crippen LogP contribution in [0.15, 0.2) is 53.1 Å². The van der Waals surface area contributed by atoms with Gasteiger partial charge in [-0.2, -0.15) is 0 Å². The maximum absolute atomic E-state index is 12.1. The summed E-state index contributed by atoms with van der Waals surface area (Å²) in [5.74, 6) is 0.835. The quantitative estimate of drug-likeness (QED) is 0.391. The first-order valence-electron chi connectivity index (χ1n) is 11.2. The average molecular weight is 467 g/mol. The molecule has 34 heavy (non-hydrogen) atoms. The Morgan fingerprint density at radius 3 is 2.59 bits per heavy atom. The van der Waals surface area contributed by atoms with E-state index in [1.165, 1.54) is 13.3 Å². The van der Waals surface area contributed by atoms with E-state index in [1.807, 2.05) is 49.5 Å². The fraction of sp³-hybridized carbons (Fsp3) is 0.360. The SMILES string of the molecule is CCOC(=O)CC(Cc1ccc(OCCc2cccc(NC)n2)cc1)c1nc(C(=O)NC)co1. The standard InChI is InChI=1S/C25H30N4O5/c1-4-32-23(30)15-18(25-29-21(16-34-25)24(31)27-3)14-17-8-10-20(11-9-17)33-13-12-19-6-5-7-22(26-2)28-19/h5-11,16,18H,4,12-15H2,1-3H3,(H,26,28)(H,27,31). The summed E-state index contributed by atoms with van der Waals surface area (Å²) in [6, 6.07) is 13.5. The molecule has 0 spiro atoms. The van der Waals surface area contributed by atoms with E-state index in [4.69, 9.17) is 13.9 Å². The summed E-state index contributed by atoms with van der Waals surface area (Å²) in [6.07, 6.45) is 2.58. The highest BCUT2D eigenvalue weighted by atomic mass is 16.5. The third-order valence-corrected chi connectivity index (χ3v) is 5.14. The van der Waals surface area contributed by atoms with Crippen molar-refractivity contribution < 1.29 is 23.5 Å². The third-order valence-electron chi connectivity index (χ3n) is 5.14. The first kappa shape index (κ1) is 24.8. The van der Waals surface area contributed by atoms with E-state index in [9.17, 15) is 9.59 Å². The molecule has 9 heteroatoms. The number of carbonyl (C=O) groups excluding carboxylic acids is 2. The molecule has 0 radical (unpaired) electrons. The average Bonchev–Trinajstić information content (AvgIpc) is 3.35. The lowest BCUT2D eigenvalue weighted by atomic mass is 9.96. The molecule has 1 amide bonds. The summed E-state index contributed by atoms with van der Waals surface area (Å²) >= 11 is 0. The van der Waals surface area contributed by atoms with Crippen molar-refractivity contribution in [3.63, 3.8) is 0 Å². The normalized spacial score (nSPS) is 11.5. The first-order valence-corrected chi connectivity index (χ1v) is 11.2.